The van der Waals surface area contributed by atoms with E-state index in [4.69, 9.17) is 4.74 Å². The van der Waals surface area contributed by atoms with Gasteiger partial charge >= 0.3 is 0 Å². The fourth-order valence-electron chi connectivity index (χ4n) is 3.94. The smallest absolute Gasteiger partial charge is 0.226 e. The highest BCUT2D eigenvalue weighted by molar-refractivity contribution is 5.85. The topological polar surface area (TPSA) is 70.2 Å². The van der Waals surface area contributed by atoms with E-state index in [9.17, 15) is 4.79 Å². The number of benzene rings is 1. The van der Waals surface area contributed by atoms with Crippen LogP contribution >= 0.6 is 24.8 Å². The molecule has 6 nitrogen and oxygen atoms in total. The molecule has 2 aliphatic rings. The van der Waals surface area contributed by atoms with Crippen LogP contribution in [0.2, 0.25) is 0 Å². The molecule has 0 spiro atoms. The molecule has 8 heteroatoms. The van der Waals surface area contributed by atoms with Gasteiger partial charge in [-0.15, -0.1) is 24.8 Å². The van der Waals surface area contributed by atoms with Crippen LogP contribution in [-0.2, 0) is 11.3 Å². The second-order valence-electron chi connectivity index (χ2n) is 6.84. The summed E-state index contributed by atoms with van der Waals surface area (Å²) in [6.45, 7) is 3.16. The normalized spacial score (nSPS) is 19.4. The molecule has 1 fully saturated rings. The first kappa shape index (κ1) is 21.5. The molecule has 2 N–H and O–H groups in total. The van der Waals surface area contributed by atoms with E-state index in [1.165, 1.54) is 0 Å². The summed E-state index contributed by atoms with van der Waals surface area (Å²) in [5.41, 5.74) is 3.22. The number of methoxy groups -OCH3 is 1. The van der Waals surface area contributed by atoms with Gasteiger partial charge in [-0.3, -0.25) is 4.79 Å². The Morgan fingerprint density at radius 2 is 2.04 bits per heavy atom. The van der Waals surface area contributed by atoms with Crippen molar-refractivity contribution in [1.29, 1.82) is 0 Å². The van der Waals surface area contributed by atoms with Gasteiger partial charge in [0.05, 0.1) is 31.4 Å². The van der Waals surface area contributed by atoms with Gasteiger partial charge in [0.2, 0.25) is 5.91 Å². The van der Waals surface area contributed by atoms with Gasteiger partial charge in [0.1, 0.15) is 5.75 Å². The van der Waals surface area contributed by atoms with Crippen LogP contribution in [0.25, 0.3) is 0 Å². The van der Waals surface area contributed by atoms with Gasteiger partial charge in [0.25, 0.3) is 0 Å². The van der Waals surface area contributed by atoms with Gasteiger partial charge in [-0.05, 0) is 43.6 Å². The number of rotatable bonds is 3. The first-order chi connectivity index (χ1) is 12.3. The molecular formula is C19H26Cl2N4O2. The van der Waals surface area contributed by atoms with E-state index < -0.39 is 0 Å². The number of piperidine rings is 1. The minimum atomic E-state index is 0. The number of fused-ring (bicyclic) bond motifs is 1. The summed E-state index contributed by atoms with van der Waals surface area (Å²) in [6, 6.07) is 8.07. The van der Waals surface area contributed by atoms with E-state index in [0.717, 1.165) is 48.6 Å². The van der Waals surface area contributed by atoms with Crippen molar-refractivity contribution in [3.8, 4) is 5.75 Å². The third-order valence-electron chi connectivity index (χ3n) is 5.33. The number of carbonyl (C=O) groups excluding carboxylic acids is 1. The zero-order chi connectivity index (χ0) is 17.2. The third-order valence-corrected chi connectivity index (χ3v) is 5.33. The number of halogens is 2. The summed E-state index contributed by atoms with van der Waals surface area (Å²) >= 11 is 0. The number of H-pyrrole nitrogens is 1. The molecule has 2 aromatic rings. The fourth-order valence-corrected chi connectivity index (χ4v) is 3.94. The third kappa shape index (κ3) is 4.39. The zero-order valence-corrected chi connectivity index (χ0v) is 16.9. The molecule has 1 aromatic heterocycles. The molecule has 1 atom stereocenters. The molecule has 3 heterocycles. The number of aromatic amines is 1. The van der Waals surface area contributed by atoms with Crippen molar-refractivity contribution < 1.29 is 9.53 Å². The minimum Gasteiger partial charge on any atom is -0.497 e. The lowest BCUT2D eigenvalue weighted by Gasteiger charge is -2.35. The number of amides is 1. The molecule has 0 bridgehead atoms. The summed E-state index contributed by atoms with van der Waals surface area (Å²) in [5, 5.41) is 3.33. The Hall–Kier alpha value is -1.76. The van der Waals surface area contributed by atoms with Gasteiger partial charge in [-0.25, -0.2) is 4.98 Å². The molecule has 2 aliphatic heterocycles. The molecule has 0 radical (unpaired) electrons. The average molecular weight is 413 g/mol. The van der Waals surface area contributed by atoms with Crippen molar-refractivity contribution in [3.63, 3.8) is 0 Å². The van der Waals surface area contributed by atoms with E-state index >= 15 is 0 Å². The molecular weight excluding hydrogens is 387 g/mol. The summed E-state index contributed by atoms with van der Waals surface area (Å²) in [4.78, 5) is 22.8. The molecule has 0 aliphatic carbocycles. The highest BCUT2D eigenvalue weighted by Crippen LogP contribution is 2.34. The largest absolute Gasteiger partial charge is 0.497 e. The second kappa shape index (κ2) is 9.44. The van der Waals surface area contributed by atoms with E-state index in [2.05, 4.69) is 21.4 Å². The van der Waals surface area contributed by atoms with E-state index in [0.29, 0.717) is 13.1 Å². The lowest BCUT2D eigenvalue weighted by molar-refractivity contribution is -0.137. The number of carbonyl (C=O) groups is 1. The second-order valence-corrected chi connectivity index (χ2v) is 6.84. The molecule has 1 amide bonds. The van der Waals surface area contributed by atoms with Gasteiger partial charge in [-0.2, -0.15) is 0 Å². The number of ether oxygens (including phenoxy) is 1. The number of hydrogen-bond donors (Lipinski definition) is 2. The van der Waals surface area contributed by atoms with Crippen LogP contribution < -0.4 is 10.1 Å². The standard InChI is InChI=1S/C19H24N4O2.2ClH/c1-25-15-4-2-3-14(9-15)16-10-23(11-17-18(16)22-12-21-17)19(24)13-5-7-20-8-6-13;;/h2-4,9,12-13,16,20H,5-8,10-11H2,1H3,(H,21,22);2*1H. The lowest BCUT2D eigenvalue weighted by atomic mass is 9.89. The van der Waals surface area contributed by atoms with Crippen molar-refractivity contribution in [1.82, 2.24) is 20.2 Å². The Bertz CT molecular complexity index is 762. The Morgan fingerprint density at radius 3 is 2.78 bits per heavy atom. The Balaban J connectivity index is 0.00000131. The van der Waals surface area contributed by atoms with Crippen LogP contribution in [-0.4, -0.2) is 47.5 Å². The SMILES string of the molecule is COc1cccc(C2CN(C(=O)C3CCNCC3)Cc3[nH]cnc32)c1.Cl.Cl. The van der Waals surface area contributed by atoms with E-state index in [-0.39, 0.29) is 42.6 Å². The van der Waals surface area contributed by atoms with Crippen LogP contribution in [0.1, 0.15) is 35.7 Å². The van der Waals surface area contributed by atoms with Crippen LogP contribution in [0.15, 0.2) is 30.6 Å². The van der Waals surface area contributed by atoms with E-state index in [1.807, 2.05) is 23.1 Å². The quantitative estimate of drug-likeness (QED) is 0.812. The summed E-state index contributed by atoms with van der Waals surface area (Å²) in [5.74, 6) is 1.32. The van der Waals surface area contributed by atoms with Crippen LogP contribution in [0.3, 0.4) is 0 Å². The molecule has 1 aromatic carbocycles. The van der Waals surface area contributed by atoms with Gasteiger partial charge in [0, 0.05) is 18.4 Å². The van der Waals surface area contributed by atoms with Crippen molar-refractivity contribution >= 4 is 30.7 Å². The highest BCUT2D eigenvalue weighted by atomic mass is 35.5. The first-order valence-corrected chi connectivity index (χ1v) is 8.92. The number of imidazole rings is 1. The Labute approximate surface area is 171 Å². The fraction of sp³-hybridized carbons (Fsp3) is 0.474. The van der Waals surface area contributed by atoms with Gasteiger partial charge in [0.15, 0.2) is 0 Å². The molecule has 148 valence electrons. The Kier molecular flexibility index (Phi) is 7.53. The van der Waals surface area contributed by atoms with E-state index in [1.54, 1.807) is 13.4 Å². The van der Waals surface area contributed by atoms with Gasteiger partial charge in [-0.1, -0.05) is 12.1 Å². The molecule has 1 saturated heterocycles. The molecule has 0 saturated carbocycles. The van der Waals surface area contributed by atoms with Crippen LogP contribution in [0.4, 0.5) is 0 Å². The monoisotopic (exact) mass is 412 g/mol. The maximum absolute atomic E-state index is 13.0. The van der Waals surface area contributed by atoms with Gasteiger partial charge < -0.3 is 19.9 Å². The molecule has 27 heavy (non-hydrogen) atoms. The summed E-state index contributed by atoms with van der Waals surface area (Å²) < 4.78 is 5.37. The molecule has 4 rings (SSSR count). The first-order valence-electron chi connectivity index (χ1n) is 8.92. The van der Waals surface area contributed by atoms with Crippen molar-refractivity contribution in [2.75, 3.05) is 26.7 Å². The zero-order valence-electron chi connectivity index (χ0n) is 15.3. The maximum atomic E-state index is 13.0. The lowest BCUT2D eigenvalue weighted by Crippen LogP contribution is -2.44. The predicted octanol–water partition coefficient (Wildman–Crippen LogP) is 2.74. The summed E-state index contributed by atoms with van der Waals surface area (Å²) in [7, 11) is 1.67. The number of hydrogen-bond acceptors (Lipinski definition) is 4. The summed E-state index contributed by atoms with van der Waals surface area (Å²) in [6.07, 6.45) is 3.58. The Morgan fingerprint density at radius 1 is 1.26 bits per heavy atom. The van der Waals surface area contributed by atoms with Crippen molar-refractivity contribution in [2.24, 2.45) is 5.92 Å². The number of nitrogens with one attached hydrogen (secondary N) is 2. The van der Waals surface area contributed by atoms with Crippen LogP contribution in [0.5, 0.6) is 5.75 Å². The number of nitrogens with zero attached hydrogens (tertiary/aromatic N) is 2. The predicted molar refractivity (Wildman–Crippen MR) is 109 cm³/mol. The minimum absolute atomic E-state index is 0. The van der Waals surface area contributed by atoms with Crippen molar-refractivity contribution in [3.05, 3.63) is 47.5 Å². The van der Waals surface area contributed by atoms with Crippen LogP contribution in [0, 0.1) is 5.92 Å². The maximum Gasteiger partial charge on any atom is 0.226 e. The molecule has 1 unspecified atom stereocenters. The number of aromatic nitrogens is 2. The van der Waals surface area contributed by atoms with Crippen molar-refractivity contribution in [2.45, 2.75) is 25.3 Å². The average Bonchev–Trinajstić information content (AvgIpc) is 3.16. The highest BCUT2D eigenvalue weighted by Gasteiger charge is 2.34.